The predicted octanol–water partition coefficient (Wildman–Crippen LogP) is 2.93. The van der Waals surface area contributed by atoms with Crippen molar-refractivity contribution in [3.05, 3.63) is 34.1 Å². The van der Waals surface area contributed by atoms with Crippen LogP contribution in [0, 0.1) is 5.82 Å². The second-order valence-electron chi connectivity index (χ2n) is 4.12. The van der Waals surface area contributed by atoms with Gasteiger partial charge < -0.3 is 5.32 Å². The van der Waals surface area contributed by atoms with Crippen LogP contribution in [0.4, 0.5) is 8.78 Å². The minimum absolute atomic E-state index is 0. The van der Waals surface area contributed by atoms with Gasteiger partial charge in [0.25, 0.3) is 0 Å². The van der Waals surface area contributed by atoms with Gasteiger partial charge in [0.1, 0.15) is 12.5 Å². The van der Waals surface area contributed by atoms with Gasteiger partial charge in [-0.05, 0) is 23.8 Å². The van der Waals surface area contributed by atoms with Crippen molar-refractivity contribution in [2.75, 3.05) is 32.9 Å². The molecule has 1 saturated heterocycles. The molecule has 2 rings (SSSR count). The number of hydrogen-bond donors (Lipinski definition) is 1. The second kappa shape index (κ2) is 7.38. The van der Waals surface area contributed by atoms with E-state index in [0.29, 0.717) is 5.56 Å². The van der Waals surface area contributed by atoms with Crippen LogP contribution in [0.2, 0.25) is 0 Å². The lowest BCUT2D eigenvalue weighted by Gasteiger charge is -2.34. The second-order valence-corrected chi connectivity index (χ2v) is 4.98. The van der Waals surface area contributed by atoms with E-state index in [2.05, 4.69) is 26.1 Å². The molecule has 1 heterocycles. The summed E-state index contributed by atoms with van der Waals surface area (Å²) in [5.74, 6) is -0.322. The first kappa shape index (κ1) is 15.8. The van der Waals surface area contributed by atoms with Crippen LogP contribution in [0.25, 0.3) is 0 Å². The van der Waals surface area contributed by atoms with Crippen LogP contribution < -0.4 is 5.32 Å². The van der Waals surface area contributed by atoms with Crippen molar-refractivity contribution in [2.45, 2.75) is 6.04 Å². The first-order valence-corrected chi connectivity index (χ1v) is 6.47. The summed E-state index contributed by atoms with van der Waals surface area (Å²) in [6.07, 6.45) is 0. The Morgan fingerprint density at radius 3 is 2.61 bits per heavy atom. The quantitative estimate of drug-likeness (QED) is 0.909. The van der Waals surface area contributed by atoms with Crippen LogP contribution in [0.5, 0.6) is 0 Å². The average Bonchev–Trinajstić information content (AvgIpc) is 2.36. The van der Waals surface area contributed by atoms with Crippen LogP contribution in [-0.2, 0) is 0 Å². The third-order valence-electron chi connectivity index (χ3n) is 3.06. The number of halogens is 4. The van der Waals surface area contributed by atoms with E-state index in [-0.39, 0.29) is 24.3 Å². The largest absolute Gasteiger partial charge is 0.314 e. The molecule has 18 heavy (non-hydrogen) atoms. The van der Waals surface area contributed by atoms with Crippen molar-refractivity contribution in [1.29, 1.82) is 0 Å². The lowest BCUT2D eigenvalue weighted by Crippen LogP contribution is -2.45. The molecule has 0 aliphatic carbocycles. The summed E-state index contributed by atoms with van der Waals surface area (Å²) in [7, 11) is 0. The summed E-state index contributed by atoms with van der Waals surface area (Å²) in [5.41, 5.74) is 0.689. The van der Waals surface area contributed by atoms with Crippen molar-refractivity contribution in [1.82, 2.24) is 10.2 Å². The molecule has 1 atom stereocenters. The van der Waals surface area contributed by atoms with E-state index in [9.17, 15) is 8.78 Å². The molecule has 1 aromatic rings. The Bertz CT molecular complexity index is 386. The van der Waals surface area contributed by atoms with Gasteiger partial charge >= 0.3 is 0 Å². The lowest BCUT2D eigenvalue weighted by molar-refractivity contribution is 0.147. The van der Waals surface area contributed by atoms with E-state index in [1.807, 2.05) is 0 Å². The zero-order valence-corrected chi connectivity index (χ0v) is 12.2. The van der Waals surface area contributed by atoms with Crippen LogP contribution in [-0.4, -0.2) is 37.8 Å². The highest BCUT2D eigenvalue weighted by Gasteiger charge is 2.24. The molecule has 2 nitrogen and oxygen atoms in total. The van der Waals surface area contributed by atoms with Gasteiger partial charge in [0.2, 0.25) is 0 Å². The maximum Gasteiger partial charge on any atom is 0.123 e. The van der Waals surface area contributed by atoms with Crippen molar-refractivity contribution < 1.29 is 8.78 Å². The summed E-state index contributed by atoms with van der Waals surface area (Å²) in [6.45, 7) is 2.78. The summed E-state index contributed by atoms with van der Waals surface area (Å²) in [6, 6.07) is 4.06. The fourth-order valence-corrected chi connectivity index (χ4v) is 2.65. The highest BCUT2D eigenvalue weighted by Crippen LogP contribution is 2.29. The highest BCUT2D eigenvalue weighted by atomic mass is 79.9. The van der Waals surface area contributed by atoms with Crippen LogP contribution >= 0.6 is 28.3 Å². The molecule has 0 spiro atoms. The Kier molecular flexibility index (Phi) is 6.49. The SMILES string of the molecule is Cl.FC[C@H](c1cc(F)ccc1Br)N1CCNCC1. The van der Waals surface area contributed by atoms with Crippen LogP contribution in [0.1, 0.15) is 11.6 Å². The van der Waals surface area contributed by atoms with Crippen molar-refractivity contribution in [3.63, 3.8) is 0 Å². The Balaban J connectivity index is 0.00000162. The van der Waals surface area contributed by atoms with Crippen molar-refractivity contribution >= 4 is 28.3 Å². The first-order valence-electron chi connectivity index (χ1n) is 5.68. The topological polar surface area (TPSA) is 15.3 Å². The van der Waals surface area contributed by atoms with E-state index in [0.717, 1.165) is 30.7 Å². The molecular formula is C12H16BrClF2N2. The minimum Gasteiger partial charge on any atom is -0.314 e. The number of benzene rings is 1. The molecule has 0 bridgehead atoms. The number of rotatable bonds is 3. The zero-order chi connectivity index (χ0) is 12.3. The third-order valence-corrected chi connectivity index (χ3v) is 3.78. The summed E-state index contributed by atoms with van der Waals surface area (Å²) < 4.78 is 27.2. The zero-order valence-electron chi connectivity index (χ0n) is 9.83. The Labute approximate surface area is 120 Å². The number of nitrogens with one attached hydrogen (secondary N) is 1. The normalized spacial score (nSPS) is 18.2. The van der Waals surface area contributed by atoms with Crippen molar-refractivity contribution in [2.24, 2.45) is 0 Å². The van der Waals surface area contributed by atoms with Gasteiger partial charge in [-0.2, -0.15) is 0 Å². The van der Waals surface area contributed by atoms with Crippen molar-refractivity contribution in [3.8, 4) is 0 Å². The highest BCUT2D eigenvalue weighted by molar-refractivity contribution is 9.10. The first-order chi connectivity index (χ1) is 8.22. The van der Waals surface area contributed by atoms with E-state index in [1.165, 1.54) is 12.1 Å². The number of alkyl halides is 1. The van der Waals surface area contributed by atoms with E-state index in [4.69, 9.17) is 0 Å². The molecule has 0 aromatic heterocycles. The predicted molar refractivity (Wildman–Crippen MR) is 74.5 cm³/mol. The van der Waals surface area contributed by atoms with Gasteiger partial charge in [0.15, 0.2) is 0 Å². The minimum atomic E-state index is -0.498. The van der Waals surface area contributed by atoms with Gasteiger partial charge in [-0.3, -0.25) is 4.90 Å². The Hall–Kier alpha value is -0.230. The molecular weight excluding hydrogens is 325 g/mol. The molecule has 1 N–H and O–H groups in total. The van der Waals surface area contributed by atoms with E-state index >= 15 is 0 Å². The molecule has 6 heteroatoms. The Morgan fingerprint density at radius 2 is 2.00 bits per heavy atom. The Morgan fingerprint density at radius 1 is 1.33 bits per heavy atom. The number of piperazine rings is 1. The standard InChI is InChI=1S/C12H15BrF2N2.ClH/c13-11-2-1-9(15)7-10(11)12(8-14)17-5-3-16-4-6-17;/h1-2,7,12,16H,3-6,8H2;1H/t12-;/m1./s1. The third kappa shape index (κ3) is 3.63. The van der Waals surface area contributed by atoms with E-state index in [1.54, 1.807) is 6.07 Å². The molecule has 1 aromatic carbocycles. The van der Waals surface area contributed by atoms with E-state index < -0.39 is 6.67 Å². The molecule has 102 valence electrons. The lowest BCUT2D eigenvalue weighted by atomic mass is 10.1. The molecule has 1 aliphatic heterocycles. The van der Waals surface area contributed by atoms with Gasteiger partial charge in [-0.15, -0.1) is 12.4 Å². The smallest absolute Gasteiger partial charge is 0.123 e. The van der Waals surface area contributed by atoms with Gasteiger partial charge in [0.05, 0.1) is 6.04 Å². The number of hydrogen-bond acceptors (Lipinski definition) is 2. The summed E-state index contributed by atoms with van der Waals surface area (Å²) in [5, 5.41) is 3.22. The van der Waals surface area contributed by atoms with Gasteiger partial charge in [0, 0.05) is 30.7 Å². The molecule has 0 amide bonds. The monoisotopic (exact) mass is 340 g/mol. The van der Waals surface area contributed by atoms with Gasteiger partial charge in [-0.25, -0.2) is 8.78 Å². The summed E-state index contributed by atoms with van der Waals surface area (Å²) >= 11 is 3.36. The summed E-state index contributed by atoms with van der Waals surface area (Å²) in [4.78, 5) is 2.05. The number of nitrogens with zero attached hydrogens (tertiary/aromatic N) is 1. The maximum atomic E-state index is 13.2. The van der Waals surface area contributed by atoms with Crippen LogP contribution in [0.3, 0.4) is 0 Å². The fraction of sp³-hybridized carbons (Fsp3) is 0.500. The molecule has 1 aliphatic rings. The van der Waals surface area contributed by atoms with Gasteiger partial charge in [-0.1, -0.05) is 15.9 Å². The van der Waals surface area contributed by atoms with Crippen LogP contribution in [0.15, 0.2) is 22.7 Å². The molecule has 0 saturated carbocycles. The average molecular weight is 342 g/mol. The fourth-order valence-electron chi connectivity index (χ4n) is 2.14. The molecule has 0 unspecified atom stereocenters. The maximum absolute atomic E-state index is 13.2. The molecule has 0 radical (unpaired) electrons. The molecule has 1 fully saturated rings.